The molecule has 1 amide bonds. The molecule has 12 heteroatoms. The molecule has 12 nitrogen and oxygen atoms in total. The summed E-state index contributed by atoms with van der Waals surface area (Å²) in [7, 11) is 1.44. The third kappa shape index (κ3) is 7.12. The Bertz CT molecular complexity index is 592. The van der Waals surface area contributed by atoms with E-state index in [0.29, 0.717) is 6.42 Å². The minimum atomic E-state index is -1.29. The highest BCUT2D eigenvalue weighted by molar-refractivity contribution is 5.78. The van der Waals surface area contributed by atoms with Crippen LogP contribution in [0.1, 0.15) is 19.3 Å². The Morgan fingerprint density at radius 2 is 1.14 bits per heavy atom. The van der Waals surface area contributed by atoms with Crippen LogP contribution in [0.5, 0.6) is 0 Å². The number of carbonyl (C=O) groups excluding carboxylic acids is 1. The first kappa shape index (κ1) is 23.3. The smallest absolute Gasteiger partial charge is 0.317 e. The minimum absolute atomic E-state index is 0.0840. The van der Waals surface area contributed by atoms with Crippen molar-refractivity contribution in [3.05, 3.63) is 0 Å². The van der Waals surface area contributed by atoms with E-state index in [1.165, 1.54) is 11.9 Å². The van der Waals surface area contributed by atoms with Gasteiger partial charge in [0.1, 0.15) is 0 Å². The summed E-state index contributed by atoms with van der Waals surface area (Å²) in [5.74, 6) is -5.92. The highest BCUT2D eigenvalue weighted by Crippen LogP contribution is 2.31. The third-order valence-electron chi connectivity index (χ3n) is 4.69. The van der Waals surface area contributed by atoms with Gasteiger partial charge in [0.25, 0.3) is 0 Å². The second-order valence-corrected chi connectivity index (χ2v) is 6.64. The summed E-state index contributed by atoms with van der Waals surface area (Å²) in [6, 6.07) is -1.55. The van der Waals surface area contributed by atoms with E-state index in [1.807, 2.05) is 0 Å². The Labute approximate surface area is 160 Å². The zero-order chi connectivity index (χ0) is 21.4. The molecule has 1 aliphatic rings. The van der Waals surface area contributed by atoms with Gasteiger partial charge in [-0.25, -0.2) is 0 Å². The van der Waals surface area contributed by atoms with Crippen molar-refractivity contribution in [2.24, 2.45) is 5.92 Å². The second kappa shape index (κ2) is 10.6. The topological polar surface area (TPSA) is 185 Å². The van der Waals surface area contributed by atoms with Gasteiger partial charge < -0.3 is 25.7 Å². The fourth-order valence-corrected chi connectivity index (χ4v) is 3.67. The van der Waals surface area contributed by atoms with Gasteiger partial charge in [0.2, 0.25) is 5.91 Å². The van der Waals surface area contributed by atoms with Crippen LogP contribution in [0.15, 0.2) is 0 Å². The molecular weight excluding hydrogens is 378 g/mol. The van der Waals surface area contributed by atoms with E-state index in [-0.39, 0.29) is 18.7 Å². The Kier molecular flexibility index (Phi) is 8.79. The van der Waals surface area contributed by atoms with Crippen LogP contribution in [0.3, 0.4) is 0 Å². The maximum Gasteiger partial charge on any atom is 0.317 e. The third-order valence-corrected chi connectivity index (χ3v) is 4.69. The van der Waals surface area contributed by atoms with Crippen LogP contribution < -0.4 is 5.32 Å². The number of nitrogens with one attached hydrogen (secondary N) is 1. The van der Waals surface area contributed by atoms with Crippen molar-refractivity contribution in [1.82, 2.24) is 15.1 Å². The lowest BCUT2D eigenvalue weighted by Gasteiger charge is -2.45. The van der Waals surface area contributed by atoms with Crippen LogP contribution in [-0.2, 0) is 24.0 Å². The molecule has 0 aromatic rings. The summed E-state index contributed by atoms with van der Waals surface area (Å²) in [5.41, 5.74) is 0. The van der Waals surface area contributed by atoms with Crippen molar-refractivity contribution in [3.8, 4) is 0 Å². The maximum atomic E-state index is 12.0. The summed E-state index contributed by atoms with van der Waals surface area (Å²) in [6.45, 7) is -2.48. The molecule has 0 saturated heterocycles. The van der Waals surface area contributed by atoms with Gasteiger partial charge in [-0.3, -0.25) is 33.8 Å². The van der Waals surface area contributed by atoms with Gasteiger partial charge in [-0.15, -0.1) is 0 Å². The molecule has 1 rings (SSSR count). The molecule has 158 valence electrons. The number of carboxylic acids is 4. The quantitative estimate of drug-likeness (QED) is 0.262. The molecule has 1 aliphatic carbocycles. The molecule has 1 fully saturated rings. The van der Waals surface area contributed by atoms with Crippen LogP contribution in [0.2, 0.25) is 0 Å². The van der Waals surface area contributed by atoms with Crippen LogP contribution in [0.4, 0.5) is 0 Å². The van der Waals surface area contributed by atoms with Crippen LogP contribution in [-0.4, -0.2) is 105 Å². The average molecular weight is 403 g/mol. The normalized spacial score (nSPS) is 22.0. The molecule has 0 bridgehead atoms. The summed E-state index contributed by atoms with van der Waals surface area (Å²) < 4.78 is 0. The van der Waals surface area contributed by atoms with E-state index in [9.17, 15) is 24.0 Å². The van der Waals surface area contributed by atoms with Gasteiger partial charge in [-0.2, -0.15) is 0 Å². The first-order valence-electron chi connectivity index (χ1n) is 8.62. The predicted octanol–water partition coefficient (Wildman–Crippen LogP) is -1.79. The van der Waals surface area contributed by atoms with Crippen molar-refractivity contribution in [3.63, 3.8) is 0 Å². The van der Waals surface area contributed by atoms with E-state index in [4.69, 9.17) is 20.4 Å². The highest BCUT2D eigenvalue weighted by Gasteiger charge is 2.41. The molecule has 3 unspecified atom stereocenters. The fraction of sp³-hybridized carbons (Fsp3) is 0.688. The van der Waals surface area contributed by atoms with Crippen molar-refractivity contribution in [1.29, 1.82) is 0 Å². The van der Waals surface area contributed by atoms with Crippen molar-refractivity contribution in [2.75, 3.05) is 33.2 Å². The number of amides is 1. The van der Waals surface area contributed by atoms with Gasteiger partial charge in [0.05, 0.1) is 26.2 Å². The molecule has 0 aliphatic heterocycles. The SMILES string of the molecule is CNC(=O)C1CCC(N(CC(=O)O)CC(=O)O)C(N(CC(=O)O)CC(=O)O)C1. The molecule has 0 aromatic carbocycles. The minimum Gasteiger partial charge on any atom is -0.480 e. The van der Waals surface area contributed by atoms with E-state index < -0.39 is 68.1 Å². The largest absolute Gasteiger partial charge is 0.480 e. The number of carboxylic acid groups (broad SMARTS) is 4. The van der Waals surface area contributed by atoms with E-state index in [1.54, 1.807) is 0 Å². The number of carbonyl (C=O) groups is 5. The maximum absolute atomic E-state index is 12.0. The number of hydrogen-bond donors (Lipinski definition) is 5. The molecular formula is C16H25N3O9. The standard InChI is InChI=1S/C16H25N3O9/c1-17-16(28)9-2-3-10(18(5-12(20)21)6-13(22)23)11(4-9)19(7-14(24)25)8-15(26)27/h9-11H,2-8H2,1H3,(H,17,28)(H,20,21)(H,22,23)(H,24,25)(H,26,27). The van der Waals surface area contributed by atoms with Gasteiger partial charge in [0.15, 0.2) is 0 Å². The van der Waals surface area contributed by atoms with E-state index in [0.717, 1.165) is 4.90 Å². The van der Waals surface area contributed by atoms with Gasteiger partial charge in [-0.1, -0.05) is 0 Å². The molecule has 28 heavy (non-hydrogen) atoms. The number of rotatable bonds is 11. The lowest BCUT2D eigenvalue weighted by Crippen LogP contribution is -2.59. The Morgan fingerprint density at radius 1 is 0.750 bits per heavy atom. The molecule has 5 N–H and O–H groups in total. The van der Waals surface area contributed by atoms with E-state index in [2.05, 4.69) is 5.32 Å². The van der Waals surface area contributed by atoms with Crippen molar-refractivity contribution in [2.45, 2.75) is 31.3 Å². The number of hydrogen-bond acceptors (Lipinski definition) is 7. The average Bonchev–Trinajstić information content (AvgIpc) is 2.57. The second-order valence-electron chi connectivity index (χ2n) is 6.64. The summed E-state index contributed by atoms with van der Waals surface area (Å²) in [5, 5.41) is 39.0. The molecule has 0 aromatic heterocycles. The van der Waals surface area contributed by atoms with Crippen LogP contribution in [0, 0.1) is 5.92 Å². The van der Waals surface area contributed by atoms with Crippen molar-refractivity contribution < 1.29 is 44.4 Å². The monoisotopic (exact) mass is 403 g/mol. The van der Waals surface area contributed by atoms with Gasteiger partial charge in [-0.05, 0) is 19.3 Å². The first-order chi connectivity index (χ1) is 13.0. The zero-order valence-electron chi connectivity index (χ0n) is 15.4. The summed E-state index contributed by atoms with van der Waals surface area (Å²) in [4.78, 5) is 59.2. The zero-order valence-corrected chi connectivity index (χ0v) is 15.4. The first-order valence-corrected chi connectivity index (χ1v) is 8.62. The number of nitrogens with zero attached hydrogens (tertiary/aromatic N) is 2. The molecule has 3 atom stereocenters. The predicted molar refractivity (Wildman–Crippen MR) is 92.7 cm³/mol. The lowest BCUT2D eigenvalue weighted by molar-refractivity contribution is -0.150. The Hall–Kier alpha value is -2.73. The van der Waals surface area contributed by atoms with Gasteiger partial charge in [0, 0.05) is 25.0 Å². The fourth-order valence-electron chi connectivity index (χ4n) is 3.67. The lowest BCUT2D eigenvalue weighted by atomic mass is 9.80. The van der Waals surface area contributed by atoms with Crippen LogP contribution >= 0.6 is 0 Å². The van der Waals surface area contributed by atoms with Crippen molar-refractivity contribution >= 4 is 29.8 Å². The van der Waals surface area contributed by atoms with Crippen LogP contribution in [0.25, 0.3) is 0 Å². The molecule has 0 spiro atoms. The highest BCUT2D eigenvalue weighted by atomic mass is 16.4. The van der Waals surface area contributed by atoms with Gasteiger partial charge >= 0.3 is 23.9 Å². The summed E-state index contributed by atoms with van der Waals surface area (Å²) in [6.07, 6.45) is 0.643. The van der Waals surface area contributed by atoms with E-state index >= 15 is 0 Å². The molecule has 0 radical (unpaired) electrons. The molecule has 0 heterocycles. The molecule has 1 saturated carbocycles. The Balaban J connectivity index is 3.25. The Morgan fingerprint density at radius 3 is 1.50 bits per heavy atom. The number of aliphatic carboxylic acids is 4. The summed E-state index contributed by atoms with van der Waals surface area (Å²) >= 11 is 0.